The van der Waals surface area contributed by atoms with Gasteiger partial charge in [0.05, 0.1) is 12.0 Å². The van der Waals surface area contributed by atoms with Crippen molar-refractivity contribution in [2.24, 2.45) is 0 Å². The first-order chi connectivity index (χ1) is 13.6. The lowest BCUT2D eigenvalue weighted by Crippen LogP contribution is -2.57. The third-order valence-corrected chi connectivity index (χ3v) is 6.38. The fourth-order valence-electron chi connectivity index (χ4n) is 3.68. The maximum Gasteiger partial charge on any atom is 0.321 e. The molecule has 0 unspecified atom stereocenters. The van der Waals surface area contributed by atoms with Crippen molar-refractivity contribution in [2.45, 2.75) is 49.1 Å². The van der Waals surface area contributed by atoms with Gasteiger partial charge < -0.3 is 14.6 Å². The van der Waals surface area contributed by atoms with Gasteiger partial charge in [-0.2, -0.15) is 0 Å². The van der Waals surface area contributed by atoms with Crippen LogP contribution in [0.2, 0.25) is 0 Å². The third-order valence-electron chi connectivity index (χ3n) is 5.02. The first-order valence-corrected chi connectivity index (χ1v) is 10.7. The quantitative estimate of drug-likeness (QED) is 0.406. The van der Waals surface area contributed by atoms with Gasteiger partial charge in [0.2, 0.25) is 0 Å². The number of hydrogen-bond donors (Lipinski definition) is 2. The number of nitrogens with zero attached hydrogens (tertiary/aromatic N) is 2. The van der Waals surface area contributed by atoms with Gasteiger partial charge in [-0.25, -0.2) is 9.71 Å². The minimum Gasteiger partial charge on any atom is -0.458 e. The lowest BCUT2D eigenvalue weighted by molar-refractivity contribution is -0.153. The number of benzene rings is 1. The zero-order valence-electron chi connectivity index (χ0n) is 16.2. The molecule has 0 aliphatic heterocycles. The fourth-order valence-corrected chi connectivity index (χ4v) is 4.66. The monoisotopic (exact) mass is 418 g/mol. The molecular formula is C20H26N4O2S2. The van der Waals surface area contributed by atoms with Crippen molar-refractivity contribution in [3.63, 3.8) is 0 Å². The fraction of sp³-hybridized carbons (Fsp3) is 0.450. The van der Waals surface area contributed by atoms with Gasteiger partial charge in [0, 0.05) is 18.1 Å². The van der Waals surface area contributed by atoms with E-state index in [-0.39, 0.29) is 18.6 Å². The van der Waals surface area contributed by atoms with E-state index in [4.69, 9.17) is 17.0 Å². The molecule has 28 heavy (non-hydrogen) atoms. The molecule has 2 aromatic rings. The highest BCUT2D eigenvalue weighted by Gasteiger charge is 2.48. The van der Waals surface area contributed by atoms with Gasteiger partial charge in [0.1, 0.15) is 23.2 Å². The molecule has 0 saturated heterocycles. The molecule has 150 valence electrons. The van der Waals surface area contributed by atoms with Gasteiger partial charge in [-0.3, -0.25) is 4.79 Å². The topological polar surface area (TPSA) is 68.2 Å². The van der Waals surface area contributed by atoms with Crippen LogP contribution < -0.4 is 10.0 Å². The van der Waals surface area contributed by atoms with E-state index < -0.39 is 5.54 Å². The second kappa shape index (κ2) is 9.54. The molecule has 1 fully saturated rings. The van der Waals surface area contributed by atoms with Crippen LogP contribution in [0.25, 0.3) is 0 Å². The Labute approximate surface area is 175 Å². The van der Waals surface area contributed by atoms with Crippen molar-refractivity contribution in [1.29, 1.82) is 0 Å². The summed E-state index contributed by atoms with van der Waals surface area (Å²) in [5.74, 6) is -0.282. The van der Waals surface area contributed by atoms with Crippen LogP contribution in [0.3, 0.4) is 0 Å². The highest BCUT2D eigenvalue weighted by molar-refractivity contribution is 7.97. The SMILES string of the molecule is CNC(=S)[C@]1(n2cnc(C)c2)CCCC[C@H]1OC(=O)CNSc1ccccc1. The molecule has 1 aromatic carbocycles. The van der Waals surface area contributed by atoms with Crippen molar-refractivity contribution in [2.75, 3.05) is 13.6 Å². The first kappa shape index (κ1) is 20.8. The number of hydrogen-bond acceptors (Lipinski definition) is 6. The van der Waals surface area contributed by atoms with Crippen molar-refractivity contribution >= 4 is 35.1 Å². The first-order valence-electron chi connectivity index (χ1n) is 9.44. The zero-order valence-corrected chi connectivity index (χ0v) is 17.8. The summed E-state index contributed by atoms with van der Waals surface area (Å²) in [7, 11) is 1.82. The van der Waals surface area contributed by atoms with E-state index in [2.05, 4.69) is 15.0 Å². The smallest absolute Gasteiger partial charge is 0.321 e. The van der Waals surface area contributed by atoms with E-state index in [9.17, 15) is 4.79 Å². The minimum absolute atomic E-state index is 0.126. The molecule has 1 saturated carbocycles. The van der Waals surface area contributed by atoms with E-state index in [0.29, 0.717) is 4.99 Å². The average Bonchev–Trinajstić information content (AvgIpc) is 3.15. The van der Waals surface area contributed by atoms with Crippen LogP contribution in [0.15, 0.2) is 47.8 Å². The van der Waals surface area contributed by atoms with E-state index in [1.165, 1.54) is 11.9 Å². The molecule has 3 rings (SSSR count). The van der Waals surface area contributed by atoms with Crippen molar-refractivity contribution in [1.82, 2.24) is 19.6 Å². The number of carbonyl (C=O) groups is 1. The Morgan fingerprint density at radius 3 is 2.86 bits per heavy atom. The maximum absolute atomic E-state index is 12.6. The number of aromatic nitrogens is 2. The predicted octanol–water partition coefficient (Wildman–Crippen LogP) is 3.22. The number of ether oxygens (including phenoxy) is 1. The summed E-state index contributed by atoms with van der Waals surface area (Å²) in [6.07, 6.45) is 7.05. The second-order valence-electron chi connectivity index (χ2n) is 6.89. The van der Waals surface area contributed by atoms with Crippen LogP contribution in [0, 0.1) is 6.92 Å². The Morgan fingerprint density at radius 1 is 1.39 bits per heavy atom. The maximum atomic E-state index is 12.6. The predicted molar refractivity (Wildman–Crippen MR) is 115 cm³/mol. The lowest BCUT2D eigenvalue weighted by atomic mass is 9.78. The zero-order chi connectivity index (χ0) is 20.0. The molecule has 2 atom stereocenters. The highest BCUT2D eigenvalue weighted by Crippen LogP contribution is 2.38. The summed E-state index contributed by atoms with van der Waals surface area (Å²) in [5, 5.41) is 3.12. The summed E-state index contributed by atoms with van der Waals surface area (Å²) < 4.78 is 11.0. The number of aryl methyl sites for hydroxylation is 1. The molecular weight excluding hydrogens is 392 g/mol. The number of imidazole rings is 1. The molecule has 1 aromatic heterocycles. The van der Waals surface area contributed by atoms with Crippen LogP contribution >= 0.6 is 24.2 Å². The van der Waals surface area contributed by atoms with Gasteiger partial charge in [-0.05, 0) is 50.3 Å². The summed E-state index contributed by atoms with van der Waals surface area (Å²) >= 11 is 7.11. The summed E-state index contributed by atoms with van der Waals surface area (Å²) in [6.45, 7) is 2.07. The van der Waals surface area contributed by atoms with Crippen molar-refractivity contribution < 1.29 is 9.53 Å². The Bertz CT molecular complexity index is 812. The molecule has 8 heteroatoms. The largest absolute Gasteiger partial charge is 0.458 e. The number of esters is 1. The minimum atomic E-state index is -0.591. The van der Waals surface area contributed by atoms with Gasteiger partial charge in [0.15, 0.2) is 0 Å². The number of likely N-dealkylation sites (N-methyl/N-ethyl adjacent to an activating group) is 1. The Hall–Kier alpha value is -1.90. The number of thiocarbonyl (C=S) groups is 1. The van der Waals surface area contributed by atoms with Gasteiger partial charge in [0.25, 0.3) is 0 Å². The molecule has 6 nitrogen and oxygen atoms in total. The second-order valence-corrected chi connectivity index (χ2v) is 8.26. The summed E-state index contributed by atoms with van der Waals surface area (Å²) in [5.41, 5.74) is 0.320. The van der Waals surface area contributed by atoms with Crippen LogP contribution in [0.4, 0.5) is 0 Å². The molecule has 0 spiro atoms. The molecule has 0 radical (unpaired) electrons. The Morgan fingerprint density at radius 2 is 2.18 bits per heavy atom. The normalized spacial score (nSPS) is 21.9. The number of rotatable bonds is 7. The molecule has 1 aliphatic carbocycles. The van der Waals surface area contributed by atoms with Gasteiger partial charge in [-0.15, -0.1) is 0 Å². The molecule has 0 bridgehead atoms. The molecule has 1 heterocycles. The van der Waals surface area contributed by atoms with Crippen LogP contribution in [0.1, 0.15) is 31.4 Å². The van der Waals surface area contributed by atoms with Gasteiger partial charge >= 0.3 is 5.97 Å². The standard InChI is InChI=1S/C20H26N4O2S2/c1-15-13-24(14-22-15)20(19(27)21-2)11-7-6-10-17(20)26-18(25)12-23-28-16-8-4-3-5-9-16/h3-5,8-9,13-14,17,23H,6-7,10-12H2,1-2H3,(H,21,27)/t17-,20+/m1/s1. The summed E-state index contributed by atoms with van der Waals surface area (Å²) in [6, 6.07) is 9.86. The Balaban J connectivity index is 1.70. The highest BCUT2D eigenvalue weighted by atomic mass is 32.2. The van der Waals surface area contributed by atoms with Crippen molar-refractivity contribution in [3.8, 4) is 0 Å². The molecule has 1 aliphatic rings. The van der Waals surface area contributed by atoms with Crippen LogP contribution in [0.5, 0.6) is 0 Å². The van der Waals surface area contributed by atoms with E-state index >= 15 is 0 Å². The van der Waals surface area contributed by atoms with Crippen LogP contribution in [-0.4, -0.2) is 40.2 Å². The van der Waals surface area contributed by atoms with E-state index in [1.54, 1.807) is 6.33 Å². The molecule has 2 N–H and O–H groups in total. The van der Waals surface area contributed by atoms with E-state index in [0.717, 1.165) is 36.3 Å². The van der Waals surface area contributed by atoms with E-state index in [1.807, 2.05) is 55.1 Å². The third kappa shape index (κ3) is 4.56. The van der Waals surface area contributed by atoms with Gasteiger partial charge in [-0.1, -0.05) is 36.8 Å². The lowest BCUT2D eigenvalue weighted by Gasteiger charge is -2.44. The Kier molecular flexibility index (Phi) is 7.09. The molecule has 0 amide bonds. The summed E-state index contributed by atoms with van der Waals surface area (Å²) in [4.78, 5) is 18.6. The van der Waals surface area contributed by atoms with Crippen molar-refractivity contribution in [3.05, 3.63) is 48.5 Å². The average molecular weight is 419 g/mol. The van der Waals surface area contributed by atoms with Crippen LogP contribution in [-0.2, 0) is 15.1 Å². The number of nitrogens with one attached hydrogen (secondary N) is 2. The number of carbonyl (C=O) groups excluding carboxylic acids is 1.